The molecule has 1 atom stereocenters. The van der Waals surface area contributed by atoms with E-state index in [1.165, 1.54) is 12.1 Å². The van der Waals surface area contributed by atoms with Gasteiger partial charge in [-0.25, -0.2) is 0 Å². The molecule has 0 fully saturated rings. The summed E-state index contributed by atoms with van der Waals surface area (Å²) in [4.78, 5) is 0. The lowest BCUT2D eigenvalue weighted by molar-refractivity contribution is 0.193. The first-order valence-corrected chi connectivity index (χ1v) is 5.90. The molecule has 0 aliphatic rings. The third kappa shape index (κ3) is 4.55. The van der Waals surface area contributed by atoms with Gasteiger partial charge in [-0.15, -0.1) is 12.4 Å². The predicted molar refractivity (Wildman–Crippen MR) is 86.8 cm³/mol. The third-order valence-corrected chi connectivity index (χ3v) is 2.58. The lowest BCUT2D eigenvalue weighted by atomic mass is 10.1. The number of nitrogens with one attached hydrogen (secondary N) is 1. The summed E-state index contributed by atoms with van der Waals surface area (Å²) in [6.45, 7) is -0.856. The highest BCUT2D eigenvalue weighted by atomic mass is 35.5. The molecule has 3 heteroatoms. The predicted octanol–water partition coefficient (Wildman–Crippen LogP) is 4.15. The second-order valence-corrected chi connectivity index (χ2v) is 3.97. The van der Waals surface area contributed by atoms with Crippen molar-refractivity contribution in [2.75, 3.05) is 13.5 Å². The molecule has 0 radical (unpaired) electrons. The second kappa shape index (κ2) is 8.62. The number of para-hydroxylation sites is 1. The number of hydrogen-bond donors (Lipinski definition) is 1. The molecule has 0 heterocycles. The first-order chi connectivity index (χ1) is 13.3. The quantitative estimate of drug-likeness (QED) is 0.865. The molecule has 0 spiro atoms. The summed E-state index contributed by atoms with van der Waals surface area (Å²) in [5, 5.41) is 2.32. The standard InChI is InChI=1S/C17H21NO.ClH/c1-14-8-6-7-11-16(14)19-17(12-13-18-2)15-9-4-3-5-10-15;/h3-11,17-18H,12-13H2,1-2H3;1H/t17-;/m1./s1/i2D3,3D,4D,5D,6D,9D,10D,11D;. The Morgan fingerprint density at radius 1 is 1.25 bits per heavy atom. The SMILES string of the molecule is Cl.[2H]c1cc([2H])c(O[C@H](CCNC([2H])([2H])[2H])c2c([2H])c([2H])c([2H])c([2H])c2[2H])c(C)c1. The van der Waals surface area contributed by atoms with Gasteiger partial charge in [0.2, 0.25) is 0 Å². The molecule has 2 aromatic carbocycles. The Kier molecular flexibility index (Phi) is 3.00. The van der Waals surface area contributed by atoms with Crippen molar-refractivity contribution in [2.24, 2.45) is 0 Å². The van der Waals surface area contributed by atoms with E-state index in [2.05, 4.69) is 5.32 Å². The fraction of sp³-hybridized carbons (Fsp3) is 0.294. The van der Waals surface area contributed by atoms with Crippen molar-refractivity contribution in [2.45, 2.75) is 19.4 Å². The van der Waals surface area contributed by atoms with Crippen LogP contribution in [0, 0.1) is 6.92 Å². The van der Waals surface area contributed by atoms with Gasteiger partial charge in [-0.2, -0.15) is 0 Å². The first kappa shape index (κ1) is 6.97. The van der Waals surface area contributed by atoms with Crippen molar-refractivity contribution in [1.82, 2.24) is 5.32 Å². The van der Waals surface area contributed by atoms with E-state index in [0.717, 1.165) is 0 Å². The molecule has 2 aromatic rings. The highest BCUT2D eigenvalue weighted by Gasteiger charge is 2.13. The highest BCUT2D eigenvalue weighted by molar-refractivity contribution is 5.85. The second-order valence-electron chi connectivity index (χ2n) is 3.97. The van der Waals surface area contributed by atoms with Crippen molar-refractivity contribution in [3.8, 4) is 5.75 Å². The molecule has 0 aliphatic heterocycles. The third-order valence-electron chi connectivity index (χ3n) is 2.58. The van der Waals surface area contributed by atoms with Crippen LogP contribution in [0.3, 0.4) is 0 Å². The van der Waals surface area contributed by atoms with Gasteiger partial charge in [0.25, 0.3) is 0 Å². The summed E-state index contributed by atoms with van der Waals surface area (Å²) in [7, 11) is 0. The van der Waals surface area contributed by atoms with Gasteiger partial charge in [0.15, 0.2) is 0 Å². The van der Waals surface area contributed by atoms with E-state index < -0.39 is 43.3 Å². The van der Waals surface area contributed by atoms with Crippen LogP contribution in [0.25, 0.3) is 0 Å². The van der Waals surface area contributed by atoms with Gasteiger partial charge < -0.3 is 10.1 Å². The highest BCUT2D eigenvalue weighted by Crippen LogP contribution is 2.26. The van der Waals surface area contributed by atoms with Crippen molar-refractivity contribution in [3.05, 3.63) is 65.6 Å². The molecule has 0 bridgehead atoms. The Labute approximate surface area is 141 Å². The van der Waals surface area contributed by atoms with Gasteiger partial charge in [0.05, 0.1) is 9.60 Å². The molecular weight excluding hydrogens is 270 g/mol. The fourth-order valence-corrected chi connectivity index (χ4v) is 1.61. The van der Waals surface area contributed by atoms with E-state index in [1.54, 1.807) is 6.92 Å². The number of rotatable bonds is 6. The van der Waals surface area contributed by atoms with Gasteiger partial charge >= 0.3 is 0 Å². The molecule has 1 N–H and O–H groups in total. The van der Waals surface area contributed by atoms with Gasteiger partial charge in [-0.1, -0.05) is 48.4 Å². The Hall–Kier alpha value is -1.51. The molecule has 0 aromatic heterocycles. The lowest BCUT2D eigenvalue weighted by Gasteiger charge is -2.20. The summed E-state index contributed by atoms with van der Waals surface area (Å²) < 4.78 is 83.2. The van der Waals surface area contributed by atoms with Crippen LogP contribution in [-0.4, -0.2) is 13.5 Å². The van der Waals surface area contributed by atoms with E-state index in [-0.39, 0.29) is 48.8 Å². The Morgan fingerprint density at radius 3 is 2.75 bits per heavy atom. The minimum Gasteiger partial charge on any atom is -0.485 e. The van der Waals surface area contributed by atoms with E-state index in [1.807, 2.05) is 0 Å². The van der Waals surface area contributed by atoms with Crippen molar-refractivity contribution in [1.29, 1.82) is 0 Å². The normalized spacial score (nSPS) is 19.2. The zero-order chi connectivity index (χ0) is 22.1. The average Bonchev–Trinajstić information content (AvgIpc) is 2.59. The maximum atomic E-state index is 8.17. The van der Waals surface area contributed by atoms with Crippen molar-refractivity contribution in [3.63, 3.8) is 0 Å². The topological polar surface area (TPSA) is 21.3 Å². The maximum absolute atomic E-state index is 8.17. The zero-order valence-electron chi connectivity index (χ0n) is 21.0. The van der Waals surface area contributed by atoms with Crippen LogP contribution in [0.1, 0.15) is 37.4 Å². The number of benzene rings is 2. The minimum atomic E-state index is -2.41. The summed E-state index contributed by atoms with van der Waals surface area (Å²) in [6, 6.07) is 0.283. The molecule has 2 rings (SSSR count). The van der Waals surface area contributed by atoms with Crippen LogP contribution in [0.4, 0.5) is 0 Å². The van der Waals surface area contributed by atoms with Crippen LogP contribution in [-0.2, 0) is 0 Å². The van der Waals surface area contributed by atoms with Crippen LogP contribution in [0.15, 0.2) is 54.4 Å². The molecule has 0 unspecified atom stereocenters. The molecular formula is C17H22ClNO. The lowest BCUT2D eigenvalue weighted by Crippen LogP contribution is -2.16. The molecule has 0 saturated carbocycles. The smallest absolute Gasteiger partial charge is 0.125 e. The first-order valence-electron chi connectivity index (χ1n) is 10.9. The Bertz CT molecular complexity index is 866. The van der Waals surface area contributed by atoms with E-state index in [9.17, 15) is 0 Å². The molecule has 0 saturated heterocycles. The van der Waals surface area contributed by atoms with Gasteiger partial charge in [-0.05, 0) is 37.6 Å². The number of ether oxygens (including phenoxy) is 1. The summed E-state index contributed by atoms with van der Waals surface area (Å²) >= 11 is 0. The number of aryl methyl sites for hydroxylation is 1. The summed E-state index contributed by atoms with van der Waals surface area (Å²) in [5.74, 6) is 0.103. The van der Waals surface area contributed by atoms with Gasteiger partial charge in [-0.3, -0.25) is 0 Å². The fourth-order valence-electron chi connectivity index (χ4n) is 1.61. The Morgan fingerprint density at radius 2 is 2.05 bits per heavy atom. The van der Waals surface area contributed by atoms with E-state index >= 15 is 0 Å². The molecule has 2 nitrogen and oxygen atoms in total. The monoisotopic (exact) mass is 301 g/mol. The maximum Gasteiger partial charge on any atom is 0.125 e. The van der Waals surface area contributed by atoms with Crippen molar-refractivity contribution >= 4 is 12.4 Å². The number of halogens is 1. The molecule has 0 aliphatic carbocycles. The van der Waals surface area contributed by atoms with E-state index in [0.29, 0.717) is 5.56 Å². The molecule has 20 heavy (non-hydrogen) atoms. The minimum absolute atomic E-state index is 0. The molecule has 108 valence electrons. The molecule has 0 amide bonds. The zero-order valence-corrected chi connectivity index (χ0v) is 11.8. The Balaban J connectivity index is 0.00000450. The van der Waals surface area contributed by atoms with Crippen LogP contribution in [0.5, 0.6) is 5.75 Å². The van der Waals surface area contributed by atoms with Gasteiger partial charge in [0, 0.05) is 10.5 Å². The van der Waals surface area contributed by atoms with Crippen LogP contribution in [0.2, 0.25) is 0 Å². The largest absolute Gasteiger partial charge is 0.485 e. The van der Waals surface area contributed by atoms with Crippen LogP contribution >= 0.6 is 12.4 Å². The summed E-state index contributed by atoms with van der Waals surface area (Å²) in [5.41, 5.74) is 0.362. The van der Waals surface area contributed by atoms with Crippen molar-refractivity contribution < 1.29 is 18.4 Å². The summed E-state index contributed by atoms with van der Waals surface area (Å²) in [6.07, 6.45) is -1.12. The van der Waals surface area contributed by atoms with E-state index in [4.69, 9.17) is 18.4 Å². The number of hydrogen-bond acceptors (Lipinski definition) is 2. The van der Waals surface area contributed by atoms with Gasteiger partial charge in [0.1, 0.15) is 11.9 Å². The average molecular weight is 302 g/mol. The van der Waals surface area contributed by atoms with Crippen LogP contribution < -0.4 is 10.1 Å².